The lowest BCUT2D eigenvalue weighted by molar-refractivity contribution is 0.200. The highest BCUT2D eigenvalue weighted by Gasteiger charge is 2.18. The first-order valence-corrected chi connectivity index (χ1v) is 9.15. The van der Waals surface area contributed by atoms with E-state index < -0.39 is 0 Å². The summed E-state index contributed by atoms with van der Waals surface area (Å²) in [5.41, 5.74) is 1.12. The van der Waals surface area contributed by atoms with E-state index in [1.807, 2.05) is 36.4 Å². The first-order chi connectivity index (χ1) is 12.7. The van der Waals surface area contributed by atoms with Gasteiger partial charge in [-0.05, 0) is 24.3 Å². The minimum atomic E-state index is 0.640. The van der Waals surface area contributed by atoms with Crippen LogP contribution in [0, 0.1) is 0 Å². The van der Waals surface area contributed by atoms with Crippen molar-refractivity contribution < 1.29 is 14.2 Å². The Morgan fingerprint density at radius 1 is 0.923 bits per heavy atom. The number of para-hydroxylation sites is 1. The van der Waals surface area contributed by atoms with Crippen LogP contribution < -0.4 is 19.1 Å². The summed E-state index contributed by atoms with van der Waals surface area (Å²) in [6.07, 6.45) is 0. The number of methoxy groups -OCH3 is 2. The van der Waals surface area contributed by atoms with Crippen LogP contribution in [0.1, 0.15) is 0 Å². The molecule has 1 aliphatic rings. The van der Waals surface area contributed by atoms with Crippen molar-refractivity contribution in [2.24, 2.45) is 0 Å². The fraction of sp³-hybridized carbons (Fsp3) is 0.400. The van der Waals surface area contributed by atoms with Gasteiger partial charge in [-0.15, -0.1) is 0 Å². The smallest absolute Gasteiger partial charge is 0.164 e. The lowest BCUT2D eigenvalue weighted by Gasteiger charge is -2.36. The number of piperazine rings is 1. The predicted octanol–water partition coefficient (Wildman–Crippen LogP) is 3.56. The minimum Gasteiger partial charge on any atom is -0.493 e. The number of anilines is 1. The van der Waals surface area contributed by atoms with Gasteiger partial charge < -0.3 is 19.1 Å². The number of ether oxygens (including phenoxy) is 3. The summed E-state index contributed by atoms with van der Waals surface area (Å²) >= 11 is 6.30. The summed E-state index contributed by atoms with van der Waals surface area (Å²) in [5, 5.41) is 0.817. The maximum absolute atomic E-state index is 6.30. The molecule has 0 aromatic heterocycles. The Morgan fingerprint density at radius 3 is 2.35 bits per heavy atom. The molecule has 0 spiro atoms. The summed E-state index contributed by atoms with van der Waals surface area (Å²) in [4.78, 5) is 4.75. The Morgan fingerprint density at radius 2 is 1.65 bits per heavy atom. The van der Waals surface area contributed by atoms with Crippen molar-refractivity contribution in [1.82, 2.24) is 4.90 Å². The van der Waals surface area contributed by atoms with Gasteiger partial charge in [0, 0.05) is 38.8 Å². The molecular weight excluding hydrogens is 352 g/mol. The predicted molar refractivity (Wildman–Crippen MR) is 105 cm³/mol. The average Bonchev–Trinajstić information content (AvgIpc) is 2.69. The highest BCUT2D eigenvalue weighted by Crippen LogP contribution is 2.31. The van der Waals surface area contributed by atoms with Crippen LogP contribution in [-0.2, 0) is 0 Å². The highest BCUT2D eigenvalue weighted by atomic mass is 35.5. The maximum atomic E-state index is 6.30. The zero-order chi connectivity index (χ0) is 18.4. The quantitative estimate of drug-likeness (QED) is 0.738. The molecule has 2 aromatic carbocycles. The average molecular weight is 377 g/mol. The second kappa shape index (κ2) is 9.01. The topological polar surface area (TPSA) is 34.2 Å². The molecule has 6 heteroatoms. The second-order valence-electron chi connectivity index (χ2n) is 6.15. The summed E-state index contributed by atoms with van der Waals surface area (Å²) < 4.78 is 16.4. The highest BCUT2D eigenvalue weighted by molar-refractivity contribution is 6.33. The van der Waals surface area contributed by atoms with Gasteiger partial charge in [0.05, 0.1) is 24.9 Å². The van der Waals surface area contributed by atoms with Crippen LogP contribution in [0.2, 0.25) is 5.02 Å². The van der Waals surface area contributed by atoms with Gasteiger partial charge in [-0.3, -0.25) is 4.90 Å². The van der Waals surface area contributed by atoms with E-state index in [0.717, 1.165) is 49.2 Å². The summed E-state index contributed by atoms with van der Waals surface area (Å²) in [6, 6.07) is 13.6. The van der Waals surface area contributed by atoms with E-state index in [0.29, 0.717) is 18.1 Å². The zero-order valence-electron chi connectivity index (χ0n) is 15.3. The molecule has 1 saturated heterocycles. The molecule has 3 rings (SSSR count). The Kier molecular flexibility index (Phi) is 6.47. The van der Waals surface area contributed by atoms with E-state index in [9.17, 15) is 0 Å². The molecule has 0 saturated carbocycles. The lowest BCUT2D eigenvalue weighted by atomic mass is 10.2. The molecule has 0 radical (unpaired) electrons. The van der Waals surface area contributed by atoms with Crippen LogP contribution in [0.5, 0.6) is 17.2 Å². The van der Waals surface area contributed by atoms with Crippen LogP contribution in [0.15, 0.2) is 42.5 Å². The first kappa shape index (κ1) is 18.7. The molecule has 26 heavy (non-hydrogen) atoms. The van der Waals surface area contributed by atoms with Crippen molar-refractivity contribution in [3.63, 3.8) is 0 Å². The Labute approximate surface area is 160 Å². The first-order valence-electron chi connectivity index (χ1n) is 8.78. The molecule has 0 amide bonds. The van der Waals surface area contributed by atoms with E-state index in [1.165, 1.54) is 0 Å². The molecule has 140 valence electrons. The second-order valence-corrected chi connectivity index (χ2v) is 6.55. The van der Waals surface area contributed by atoms with Crippen LogP contribution in [0.3, 0.4) is 0 Å². The van der Waals surface area contributed by atoms with Gasteiger partial charge in [0.1, 0.15) is 12.4 Å². The molecule has 0 bridgehead atoms. The number of hydrogen-bond acceptors (Lipinski definition) is 5. The number of benzene rings is 2. The third-order valence-corrected chi connectivity index (χ3v) is 4.92. The number of hydrogen-bond donors (Lipinski definition) is 0. The van der Waals surface area contributed by atoms with Gasteiger partial charge in [0.15, 0.2) is 11.5 Å². The molecule has 0 aliphatic carbocycles. The Bertz CT molecular complexity index is 718. The van der Waals surface area contributed by atoms with Crippen LogP contribution in [-0.4, -0.2) is 58.5 Å². The van der Waals surface area contributed by atoms with Gasteiger partial charge in [-0.25, -0.2) is 0 Å². The summed E-state index contributed by atoms with van der Waals surface area (Å²) in [6.45, 7) is 5.48. The number of halogens is 1. The molecule has 0 unspecified atom stereocenters. The van der Waals surface area contributed by atoms with Gasteiger partial charge >= 0.3 is 0 Å². The maximum Gasteiger partial charge on any atom is 0.164 e. The van der Waals surface area contributed by atoms with Gasteiger partial charge in [-0.1, -0.05) is 23.7 Å². The van der Waals surface area contributed by atoms with Crippen molar-refractivity contribution in [3.8, 4) is 17.2 Å². The molecule has 1 aliphatic heterocycles. The third kappa shape index (κ3) is 4.54. The van der Waals surface area contributed by atoms with Crippen LogP contribution in [0.25, 0.3) is 0 Å². The molecular formula is C20H25ClN2O3. The minimum absolute atomic E-state index is 0.640. The van der Waals surface area contributed by atoms with Crippen LogP contribution in [0.4, 0.5) is 5.69 Å². The Balaban J connectivity index is 1.45. The SMILES string of the molecule is COc1ccc(OCCN2CCN(c3ccccc3Cl)CC2)cc1OC. The number of nitrogens with zero attached hydrogens (tertiary/aromatic N) is 2. The van der Waals surface area contributed by atoms with E-state index >= 15 is 0 Å². The van der Waals surface area contributed by atoms with E-state index in [1.54, 1.807) is 14.2 Å². The van der Waals surface area contributed by atoms with Crippen molar-refractivity contribution in [1.29, 1.82) is 0 Å². The number of rotatable bonds is 7. The standard InChI is InChI=1S/C20H25ClN2O3/c1-24-19-8-7-16(15-20(19)25-2)26-14-13-22-9-11-23(12-10-22)18-6-4-3-5-17(18)21/h3-8,15H,9-14H2,1-2H3. The zero-order valence-corrected chi connectivity index (χ0v) is 16.0. The molecule has 0 atom stereocenters. The summed E-state index contributed by atoms with van der Waals surface area (Å²) in [5.74, 6) is 2.17. The summed E-state index contributed by atoms with van der Waals surface area (Å²) in [7, 11) is 3.25. The van der Waals surface area contributed by atoms with Crippen molar-refractivity contribution in [2.75, 3.05) is 58.5 Å². The van der Waals surface area contributed by atoms with Crippen molar-refractivity contribution in [3.05, 3.63) is 47.5 Å². The monoisotopic (exact) mass is 376 g/mol. The van der Waals surface area contributed by atoms with Gasteiger partial charge in [0.2, 0.25) is 0 Å². The van der Waals surface area contributed by atoms with E-state index in [4.69, 9.17) is 25.8 Å². The third-order valence-electron chi connectivity index (χ3n) is 4.60. The van der Waals surface area contributed by atoms with Crippen molar-refractivity contribution in [2.45, 2.75) is 0 Å². The van der Waals surface area contributed by atoms with Gasteiger partial charge in [0.25, 0.3) is 0 Å². The van der Waals surface area contributed by atoms with Gasteiger partial charge in [-0.2, -0.15) is 0 Å². The van der Waals surface area contributed by atoms with Crippen LogP contribution >= 0.6 is 11.6 Å². The Hall–Kier alpha value is -2.11. The van der Waals surface area contributed by atoms with E-state index in [-0.39, 0.29) is 0 Å². The molecule has 2 aromatic rings. The molecule has 1 heterocycles. The molecule has 5 nitrogen and oxygen atoms in total. The van der Waals surface area contributed by atoms with Crippen molar-refractivity contribution >= 4 is 17.3 Å². The lowest BCUT2D eigenvalue weighted by Crippen LogP contribution is -2.47. The fourth-order valence-corrected chi connectivity index (χ4v) is 3.37. The fourth-order valence-electron chi connectivity index (χ4n) is 3.12. The molecule has 1 fully saturated rings. The normalized spacial score (nSPS) is 15.0. The largest absolute Gasteiger partial charge is 0.493 e. The van der Waals surface area contributed by atoms with E-state index in [2.05, 4.69) is 15.9 Å². The molecule has 0 N–H and O–H groups in total.